The van der Waals surface area contributed by atoms with E-state index in [0.717, 1.165) is 38.4 Å². The van der Waals surface area contributed by atoms with E-state index in [4.69, 9.17) is 9.47 Å². The zero-order valence-electron chi connectivity index (χ0n) is 15.2. The van der Waals surface area contributed by atoms with Gasteiger partial charge in [0.05, 0.1) is 19.8 Å². The number of amides is 1. The third kappa shape index (κ3) is 5.07. The van der Waals surface area contributed by atoms with Crippen LogP contribution in [0.5, 0.6) is 5.75 Å². The van der Waals surface area contributed by atoms with Crippen LogP contribution in [-0.4, -0.2) is 50.7 Å². The van der Waals surface area contributed by atoms with Gasteiger partial charge in [0.25, 0.3) is 5.91 Å². The minimum absolute atomic E-state index is 0.0446. The Morgan fingerprint density at radius 3 is 2.69 bits per heavy atom. The standard InChI is InChI=1S/C21H26N2O3/c1-25-19-10-8-18(9-11-19)21(24)22-12-5-13-23-14-15-26-20(16-23)17-6-3-2-4-7-17/h2-4,6-11,20H,5,12-16H2,1H3,(H,22,24). The van der Waals surface area contributed by atoms with Gasteiger partial charge in [-0.3, -0.25) is 9.69 Å². The molecule has 1 amide bonds. The summed E-state index contributed by atoms with van der Waals surface area (Å²) in [7, 11) is 1.61. The summed E-state index contributed by atoms with van der Waals surface area (Å²) in [6.45, 7) is 4.21. The molecule has 1 N–H and O–H groups in total. The molecule has 0 spiro atoms. The number of nitrogens with one attached hydrogen (secondary N) is 1. The quantitative estimate of drug-likeness (QED) is 0.777. The average Bonchev–Trinajstić information content (AvgIpc) is 2.72. The van der Waals surface area contributed by atoms with Gasteiger partial charge in [-0.05, 0) is 36.2 Å². The summed E-state index contributed by atoms with van der Waals surface area (Å²) >= 11 is 0. The van der Waals surface area contributed by atoms with Crippen LogP contribution in [0.4, 0.5) is 0 Å². The van der Waals surface area contributed by atoms with Gasteiger partial charge in [0.1, 0.15) is 5.75 Å². The largest absolute Gasteiger partial charge is 0.497 e. The maximum Gasteiger partial charge on any atom is 0.251 e. The van der Waals surface area contributed by atoms with Gasteiger partial charge in [-0.15, -0.1) is 0 Å². The molecule has 138 valence electrons. The summed E-state index contributed by atoms with van der Waals surface area (Å²) in [6.07, 6.45) is 1.06. The SMILES string of the molecule is COc1ccc(C(=O)NCCCN2CCOC(c3ccccc3)C2)cc1. The number of methoxy groups -OCH3 is 1. The van der Waals surface area contributed by atoms with Crippen LogP contribution in [0.15, 0.2) is 54.6 Å². The van der Waals surface area contributed by atoms with Crippen LogP contribution in [0.25, 0.3) is 0 Å². The lowest BCUT2D eigenvalue weighted by Crippen LogP contribution is -2.39. The van der Waals surface area contributed by atoms with Gasteiger partial charge < -0.3 is 14.8 Å². The fraction of sp³-hybridized carbons (Fsp3) is 0.381. The fourth-order valence-corrected chi connectivity index (χ4v) is 3.12. The maximum absolute atomic E-state index is 12.1. The average molecular weight is 354 g/mol. The van der Waals surface area contributed by atoms with Crippen LogP contribution in [0.3, 0.4) is 0 Å². The van der Waals surface area contributed by atoms with Crippen molar-refractivity contribution < 1.29 is 14.3 Å². The molecular weight excluding hydrogens is 328 g/mol. The van der Waals surface area contributed by atoms with Crippen molar-refractivity contribution in [1.82, 2.24) is 10.2 Å². The third-order valence-electron chi connectivity index (χ3n) is 4.61. The Balaban J connectivity index is 1.39. The summed E-state index contributed by atoms with van der Waals surface area (Å²) in [6, 6.07) is 17.5. The number of hydrogen-bond acceptors (Lipinski definition) is 4. The Hall–Kier alpha value is -2.37. The van der Waals surface area contributed by atoms with Gasteiger partial charge in [-0.25, -0.2) is 0 Å². The number of ether oxygens (including phenoxy) is 2. The lowest BCUT2D eigenvalue weighted by atomic mass is 10.1. The molecule has 2 aromatic carbocycles. The Morgan fingerprint density at radius 1 is 1.19 bits per heavy atom. The van der Waals surface area contributed by atoms with Gasteiger partial charge >= 0.3 is 0 Å². The van der Waals surface area contributed by atoms with Gasteiger partial charge in [-0.2, -0.15) is 0 Å². The first-order chi connectivity index (χ1) is 12.8. The number of carbonyl (C=O) groups is 1. The van der Waals surface area contributed by atoms with E-state index < -0.39 is 0 Å². The molecule has 1 atom stereocenters. The summed E-state index contributed by atoms with van der Waals surface area (Å²) in [5, 5.41) is 2.98. The second-order valence-electron chi connectivity index (χ2n) is 6.41. The molecule has 5 nitrogen and oxygen atoms in total. The zero-order valence-corrected chi connectivity index (χ0v) is 15.2. The first-order valence-corrected chi connectivity index (χ1v) is 9.07. The van der Waals surface area contributed by atoms with Crippen molar-refractivity contribution in [2.75, 3.05) is 39.9 Å². The first kappa shape index (κ1) is 18.4. The number of morpholine rings is 1. The van der Waals surface area contributed by atoms with E-state index in [1.807, 2.05) is 18.2 Å². The molecule has 3 rings (SSSR count). The molecule has 0 bridgehead atoms. The number of benzene rings is 2. The van der Waals surface area contributed by atoms with Gasteiger partial charge in [0.15, 0.2) is 0 Å². The lowest BCUT2D eigenvalue weighted by molar-refractivity contribution is -0.0301. The normalized spacial score (nSPS) is 17.7. The van der Waals surface area contributed by atoms with Crippen molar-refractivity contribution in [1.29, 1.82) is 0 Å². The van der Waals surface area contributed by atoms with E-state index in [1.54, 1.807) is 31.4 Å². The fourth-order valence-electron chi connectivity index (χ4n) is 3.12. The molecular formula is C21H26N2O3. The number of hydrogen-bond donors (Lipinski definition) is 1. The molecule has 1 heterocycles. The van der Waals surface area contributed by atoms with Crippen molar-refractivity contribution in [3.63, 3.8) is 0 Å². The number of nitrogens with zero attached hydrogens (tertiary/aromatic N) is 1. The van der Waals surface area contributed by atoms with Crippen molar-refractivity contribution in [3.8, 4) is 5.75 Å². The van der Waals surface area contributed by atoms with Gasteiger partial charge in [-0.1, -0.05) is 30.3 Å². The molecule has 1 fully saturated rings. The molecule has 1 aliphatic heterocycles. The monoisotopic (exact) mass is 354 g/mol. The first-order valence-electron chi connectivity index (χ1n) is 9.07. The summed E-state index contributed by atoms with van der Waals surface area (Å²) < 4.78 is 11.0. The number of carbonyl (C=O) groups excluding carboxylic acids is 1. The second-order valence-corrected chi connectivity index (χ2v) is 6.41. The molecule has 1 aliphatic rings. The summed E-state index contributed by atoms with van der Waals surface area (Å²) in [4.78, 5) is 14.6. The van der Waals surface area contributed by atoms with Crippen LogP contribution in [-0.2, 0) is 4.74 Å². The van der Waals surface area contributed by atoms with Gasteiger partial charge in [0, 0.05) is 31.7 Å². The van der Waals surface area contributed by atoms with E-state index in [0.29, 0.717) is 12.1 Å². The zero-order chi connectivity index (χ0) is 18.2. The van der Waals surface area contributed by atoms with Gasteiger partial charge in [0.2, 0.25) is 0 Å². The van der Waals surface area contributed by atoms with E-state index in [-0.39, 0.29) is 12.0 Å². The Bertz CT molecular complexity index is 688. The highest BCUT2D eigenvalue weighted by Gasteiger charge is 2.21. The molecule has 5 heteroatoms. The van der Waals surface area contributed by atoms with E-state index in [9.17, 15) is 4.79 Å². The third-order valence-corrected chi connectivity index (χ3v) is 4.61. The van der Waals surface area contributed by atoms with E-state index >= 15 is 0 Å². The molecule has 0 saturated carbocycles. The minimum Gasteiger partial charge on any atom is -0.497 e. The maximum atomic E-state index is 12.1. The highest BCUT2D eigenvalue weighted by molar-refractivity contribution is 5.94. The predicted octanol–water partition coefficient (Wildman–Crippen LogP) is 2.89. The van der Waals surface area contributed by atoms with E-state index in [1.165, 1.54) is 5.56 Å². The van der Waals surface area contributed by atoms with Crippen molar-refractivity contribution >= 4 is 5.91 Å². The van der Waals surface area contributed by atoms with Crippen LogP contribution in [0.2, 0.25) is 0 Å². The smallest absolute Gasteiger partial charge is 0.251 e. The molecule has 0 aromatic heterocycles. The number of rotatable bonds is 7. The summed E-state index contributed by atoms with van der Waals surface area (Å²) in [5.74, 6) is 0.707. The van der Waals surface area contributed by atoms with Crippen LogP contribution >= 0.6 is 0 Å². The highest BCUT2D eigenvalue weighted by atomic mass is 16.5. The molecule has 2 aromatic rings. The van der Waals surface area contributed by atoms with Crippen LogP contribution in [0, 0.1) is 0 Å². The van der Waals surface area contributed by atoms with Crippen molar-refractivity contribution in [3.05, 3.63) is 65.7 Å². The van der Waals surface area contributed by atoms with Crippen molar-refractivity contribution in [2.24, 2.45) is 0 Å². The second kappa shape index (κ2) is 9.36. The molecule has 1 unspecified atom stereocenters. The topological polar surface area (TPSA) is 50.8 Å². The van der Waals surface area contributed by atoms with Crippen molar-refractivity contribution in [2.45, 2.75) is 12.5 Å². The molecule has 0 aliphatic carbocycles. The molecule has 0 radical (unpaired) electrons. The molecule has 1 saturated heterocycles. The Morgan fingerprint density at radius 2 is 1.96 bits per heavy atom. The Kier molecular flexibility index (Phi) is 6.63. The van der Waals surface area contributed by atoms with Crippen LogP contribution in [0.1, 0.15) is 28.4 Å². The highest BCUT2D eigenvalue weighted by Crippen LogP contribution is 2.21. The molecule has 26 heavy (non-hydrogen) atoms. The van der Waals surface area contributed by atoms with Crippen LogP contribution < -0.4 is 10.1 Å². The predicted molar refractivity (Wildman–Crippen MR) is 102 cm³/mol. The van der Waals surface area contributed by atoms with E-state index in [2.05, 4.69) is 22.3 Å². The Labute approximate surface area is 154 Å². The summed E-state index contributed by atoms with van der Waals surface area (Å²) in [5.41, 5.74) is 1.88. The minimum atomic E-state index is -0.0446. The lowest BCUT2D eigenvalue weighted by Gasteiger charge is -2.33.